The zero-order valence-corrected chi connectivity index (χ0v) is 18.8. The van der Waals surface area contributed by atoms with E-state index in [4.69, 9.17) is 23.2 Å². The Kier molecular flexibility index (Phi) is 6.00. The molecule has 0 bridgehead atoms. The Morgan fingerprint density at radius 3 is 2.63 bits per heavy atom. The van der Waals surface area contributed by atoms with Crippen molar-refractivity contribution in [2.45, 2.75) is 64.5 Å². The number of hydrogen-bond acceptors (Lipinski definition) is 2. The highest BCUT2D eigenvalue weighted by molar-refractivity contribution is 6.42. The molecule has 2 aromatic rings. The predicted molar refractivity (Wildman–Crippen MR) is 121 cm³/mol. The van der Waals surface area contributed by atoms with Gasteiger partial charge in [0.15, 0.2) is 0 Å². The van der Waals surface area contributed by atoms with E-state index in [9.17, 15) is 4.79 Å². The molecule has 0 radical (unpaired) electrons. The molecule has 6 heteroatoms. The minimum absolute atomic E-state index is 0.0197. The zero-order chi connectivity index (χ0) is 21.5. The van der Waals surface area contributed by atoms with Gasteiger partial charge in [0.25, 0.3) is 0 Å². The maximum absolute atomic E-state index is 15.1. The number of nitrogens with one attached hydrogen (secondary N) is 2. The van der Waals surface area contributed by atoms with Crippen molar-refractivity contribution in [3.63, 3.8) is 0 Å². The fourth-order valence-electron chi connectivity index (χ4n) is 5.21. The Labute approximate surface area is 187 Å². The van der Waals surface area contributed by atoms with E-state index in [0.717, 1.165) is 49.8 Å². The third kappa shape index (κ3) is 3.92. The molecule has 0 saturated heterocycles. The van der Waals surface area contributed by atoms with Gasteiger partial charge in [0, 0.05) is 18.2 Å². The second-order valence-electron chi connectivity index (χ2n) is 8.86. The second-order valence-corrected chi connectivity index (χ2v) is 9.65. The molecule has 1 unspecified atom stereocenters. The van der Waals surface area contributed by atoms with Crippen LogP contribution in [0.1, 0.15) is 74.7 Å². The lowest BCUT2D eigenvalue weighted by Gasteiger charge is -2.37. The van der Waals surface area contributed by atoms with Gasteiger partial charge in [-0.3, -0.25) is 4.79 Å². The molecule has 1 fully saturated rings. The molecule has 2 atom stereocenters. The van der Waals surface area contributed by atoms with Gasteiger partial charge in [0.05, 0.1) is 22.1 Å². The van der Waals surface area contributed by atoms with Crippen LogP contribution in [0.2, 0.25) is 10.0 Å². The van der Waals surface area contributed by atoms with Gasteiger partial charge in [-0.15, -0.1) is 0 Å². The molecule has 30 heavy (non-hydrogen) atoms. The van der Waals surface area contributed by atoms with E-state index < -0.39 is 0 Å². The average Bonchev–Trinajstić information content (AvgIpc) is 3.32. The van der Waals surface area contributed by atoms with E-state index in [1.165, 1.54) is 17.7 Å². The summed E-state index contributed by atoms with van der Waals surface area (Å²) in [5, 5.41) is 7.35. The molecule has 3 nitrogen and oxygen atoms in total. The largest absolute Gasteiger partial charge is 0.377 e. The molecule has 0 spiro atoms. The number of carbonyl (C=O) groups excluding carboxylic acids is 1. The lowest BCUT2D eigenvalue weighted by Crippen LogP contribution is -2.30. The van der Waals surface area contributed by atoms with E-state index in [2.05, 4.69) is 23.6 Å². The molecule has 2 aromatic carbocycles. The number of fused-ring (bicyclic) bond motifs is 1. The summed E-state index contributed by atoms with van der Waals surface area (Å²) >= 11 is 12.8. The number of hydrogen-bond donors (Lipinski definition) is 2. The van der Waals surface area contributed by atoms with Crippen molar-refractivity contribution in [2.24, 2.45) is 5.41 Å². The normalized spacial score (nSPS) is 20.6. The van der Waals surface area contributed by atoms with Gasteiger partial charge in [0.2, 0.25) is 5.91 Å². The van der Waals surface area contributed by atoms with Crippen molar-refractivity contribution in [1.29, 1.82) is 0 Å². The number of halogens is 3. The molecule has 0 heterocycles. The molecule has 1 saturated carbocycles. The fourth-order valence-corrected chi connectivity index (χ4v) is 5.64. The van der Waals surface area contributed by atoms with Crippen molar-refractivity contribution in [1.82, 2.24) is 5.32 Å². The monoisotopic (exact) mass is 448 g/mol. The highest BCUT2D eigenvalue weighted by atomic mass is 35.5. The van der Waals surface area contributed by atoms with Gasteiger partial charge in [0.1, 0.15) is 5.82 Å². The molecule has 160 valence electrons. The van der Waals surface area contributed by atoms with Crippen LogP contribution in [0, 0.1) is 11.2 Å². The van der Waals surface area contributed by atoms with E-state index in [-0.39, 0.29) is 34.2 Å². The lowest BCUT2D eigenvalue weighted by atomic mass is 9.76. The Morgan fingerprint density at radius 1 is 1.20 bits per heavy atom. The number of amides is 1. The van der Waals surface area contributed by atoms with Crippen LogP contribution in [-0.2, 0) is 11.2 Å². The number of benzene rings is 2. The minimum Gasteiger partial charge on any atom is -0.377 e. The summed E-state index contributed by atoms with van der Waals surface area (Å²) in [5.41, 5.74) is 3.61. The van der Waals surface area contributed by atoms with E-state index >= 15 is 4.39 Å². The first-order valence-corrected chi connectivity index (χ1v) is 11.3. The van der Waals surface area contributed by atoms with Crippen LogP contribution in [0.3, 0.4) is 0 Å². The topological polar surface area (TPSA) is 41.1 Å². The molecule has 0 aliphatic heterocycles. The minimum atomic E-state index is -0.335. The van der Waals surface area contributed by atoms with Crippen LogP contribution in [0.4, 0.5) is 10.1 Å². The smallest absolute Gasteiger partial charge is 0.217 e. The first kappa shape index (κ1) is 21.5. The molecule has 1 amide bonds. The first-order chi connectivity index (χ1) is 14.3. The van der Waals surface area contributed by atoms with Gasteiger partial charge in [-0.1, -0.05) is 55.1 Å². The summed E-state index contributed by atoms with van der Waals surface area (Å²) in [6.45, 7) is 3.75. The fraction of sp³-hybridized carbons (Fsp3) is 0.458. The van der Waals surface area contributed by atoms with Crippen LogP contribution >= 0.6 is 23.2 Å². The highest BCUT2D eigenvalue weighted by Gasteiger charge is 2.41. The summed E-state index contributed by atoms with van der Waals surface area (Å²) in [4.78, 5) is 11.6. The quantitative estimate of drug-likeness (QED) is 0.483. The molecule has 2 aliphatic carbocycles. The standard InChI is InChI=1S/C24H27Cl2FN2O/c1-14(30)28-20-11-8-16-15(20)6-5-7-19(16)29-23(24(2)12-3-4-13-24)21-18(27)10-9-17(25)22(21)26/h5-7,9-10,20,23,29H,3-4,8,11-13H2,1-2H3,(H,28,30)/t20?,23-/m1/s1. The number of rotatable bonds is 5. The summed E-state index contributed by atoms with van der Waals surface area (Å²) in [6, 6.07) is 8.73. The summed E-state index contributed by atoms with van der Waals surface area (Å²) < 4.78 is 15.1. The Bertz CT molecular complexity index is 972. The Balaban J connectivity index is 1.76. The van der Waals surface area contributed by atoms with Crippen LogP contribution in [0.5, 0.6) is 0 Å². The molecule has 0 aromatic heterocycles. The van der Waals surface area contributed by atoms with Crippen molar-refractivity contribution in [2.75, 3.05) is 5.32 Å². The van der Waals surface area contributed by atoms with E-state index in [1.807, 2.05) is 12.1 Å². The maximum Gasteiger partial charge on any atom is 0.217 e. The van der Waals surface area contributed by atoms with Crippen molar-refractivity contribution >= 4 is 34.8 Å². The predicted octanol–water partition coefficient (Wildman–Crippen LogP) is 6.99. The van der Waals surface area contributed by atoms with Crippen LogP contribution in [-0.4, -0.2) is 5.91 Å². The molecule has 4 rings (SSSR count). The molecular formula is C24H27Cl2FN2O. The molecule has 2 N–H and O–H groups in total. The zero-order valence-electron chi connectivity index (χ0n) is 17.3. The molecular weight excluding hydrogens is 422 g/mol. The van der Waals surface area contributed by atoms with Gasteiger partial charge >= 0.3 is 0 Å². The summed E-state index contributed by atoms with van der Waals surface area (Å²) in [6.07, 6.45) is 5.95. The average molecular weight is 449 g/mol. The third-order valence-corrected chi connectivity index (χ3v) is 7.58. The van der Waals surface area contributed by atoms with Gasteiger partial charge in [-0.2, -0.15) is 0 Å². The molecule has 2 aliphatic rings. The third-order valence-electron chi connectivity index (χ3n) is 6.76. The first-order valence-electron chi connectivity index (χ1n) is 10.6. The van der Waals surface area contributed by atoms with Gasteiger partial charge in [-0.05, 0) is 60.4 Å². The summed E-state index contributed by atoms with van der Waals surface area (Å²) in [5.74, 6) is -0.367. The van der Waals surface area contributed by atoms with E-state index in [1.54, 1.807) is 6.92 Å². The van der Waals surface area contributed by atoms with Crippen molar-refractivity contribution < 1.29 is 9.18 Å². The van der Waals surface area contributed by atoms with Crippen molar-refractivity contribution in [3.05, 3.63) is 62.9 Å². The Hall–Kier alpha value is -1.78. The van der Waals surface area contributed by atoms with Crippen LogP contribution in [0.15, 0.2) is 30.3 Å². The number of carbonyl (C=O) groups is 1. The van der Waals surface area contributed by atoms with Crippen molar-refractivity contribution in [3.8, 4) is 0 Å². The SMILES string of the molecule is CC(=O)NC1CCc2c(N[C@H](c3c(F)ccc(Cl)c3Cl)C3(C)CCCC3)cccc21. The van der Waals surface area contributed by atoms with Crippen LogP contribution < -0.4 is 10.6 Å². The van der Waals surface area contributed by atoms with Gasteiger partial charge in [-0.25, -0.2) is 4.39 Å². The maximum atomic E-state index is 15.1. The number of anilines is 1. The van der Waals surface area contributed by atoms with E-state index in [0.29, 0.717) is 10.6 Å². The lowest BCUT2D eigenvalue weighted by molar-refractivity contribution is -0.119. The second kappa shape index (κ2) is 8.39. The van der Waals surface area contributed by atoms with Gasteiger partial charge < -0.3 is 10.6 Å². The Morgan fingerprint density at radius 2 is 1.93 bits per heavy atom. The summed E-state index contributed by atoms with van der Waals surface area (Å²) in [7, 11) is 0. The van der Waals surface area contributed by atoms with Crippen LogP contribution in [0.25, 0.3) is 0 Å². The highest BCUT2D eigenvalue weighted by Crippen LogP contribution is 2.52.